The predicted molar refractivity (Wildman–Crippen MR) is 88.6 cm³/mol. The first-order chi connectivity index (χ1) is 11.0. The Morgan fingerprint density at radius 3 is 2.78 bits per heavy atom. The molecule has 0 radical (unpaired) electrons. The minimum absolute atomic E-state index is 0.181. The Balaban J connectivity index is 1.82. The third kappa shape index (κ3) is 3.29. The quantitative estimate of drug-likeness (QED) is 0.786. The molecule has 0 spiro atoms. The van der Waals surface area contributed by atoms with Crippen molar-refractivity contribution in [3.63, 3.8) is 0 Å². The zero-order valence-corrected chi connectivity index (χ0v) is 13.8. The van der Waals surface area contributed by atoms with E-state index < -0.39 is 0 Å². The summed E-state index contributed by atoms with van der Waals surface area (Å²) in [5.74, 6) is 1.01. The molecular weight excluding hydrogens is 312 g/mol. The fourth-order valence-electron chi connectivity index (χ4n) is 1.96. The molecule has 0 unspecified atom stereocenters. The van der Waals surface area contributed by atoms with Gasteiger partial charge in [0.1, 0.15) is 5.69 Å². The van der Waals surface area contributed by atoms with E-state index in [-0.39, 0.29) is 11.8 Å². The van der Waals surface area contributed by atoms with E-state index >= 15 is 0 Å². The molecule has 0 aliphatic heterocycles. The average Bonchev–Trinajstić information content (AvgIpc) is 3.16. The summed E-state index contributed by atoms with van der Waals surface area (Å²) in [6.07, 6.45) is 1.59. The number of hydrogen-bond donors (Lipinski definition) is 1. The number of amides is 1. The van der Waals surface area contributed by atoms with E-state index in [1.165, 1.54) is 11.3 Å². The highest BCUT2D eigenvalue weighted by Crippen LogP contribution is 2.34. The Labute approximate surface area is 137 Å². The first-order valence-electron chi connectivity index (χ1n) is 7.21. The Morgan fingerprint density at radius 1 is 1.30 bits per heavy atom. The minimum atomic E-state index is -0.244. The Hall–Kier alpha value is -2.54. The normalized spacial score (nSPS) is 11.0. The maximum atomic E-state index is 12.2. The molecule has 0 aliphatic rings. The SMILES string of the molecule is Cc1sc(-c2nnc(C(C)C)o2)cc1NC(=O)c1ccccn1. The molecule has 0 atom stereocenters. The summed E-state index contributed by atoms with van der Waals surface area (Å²) < 4.78 is 5.65. The van der Waals surface area contributed by atoms with Gasteiger partial charge in [0, 0.05) is 17.0 Å². The largest absolute Gasteiger partial charge is 0.420 e. The zero-order chi connectivity index (χ0) is 16.4. The Bertz CT molecular complexity index is 824. The van der Waals surface area contributed by atoms with Gasteiger partial charge in [-0.2, -0.15) is 0 Å². The minimum Gasteiger partial charge on any atom is -0.420 e. The lowest BCUT2D eigenvalue weighted by atomic mass is 10.2. The van der Waals surface area contributed by atoms with Crippen molar-refractivity contribution in [2.24, 2.45) is 0 Å². The Morgan fingerprint density at radius 2 is 2.13 bits per heavy atom. The molecule has 3 heterocycles. The number of rotatable bonds is 4. The second-order valence-electron chi connectivity index (χ2n) is 5.35. The highest BCUT2D eigenvalue weighted by atomic mass is 32.1. The Kier molecular flexibility index (Phi) is 4.20. The molecule has 0 saturated carbocycles. The highest BCUT2D eigenvalue weighted by Gasteiger charge is 2.17. The van der Waals surface area contributed by atoms with E-state index in [0.29, 0.717) is 17.5 Å². The van der Waals surface area contributed by atoms with Crippen molar-refractivity contribution in [3.8, 4) is 10.8 Å². The molecule has 3 aromatic heterocycles. The zero-order valence-electron chi connectivity index (χ0n) is 13.0. The van der Waals surface area contributed by atoms with Crippen LogP contribution in [0.4, 0.5) is 5.69 Å². The van der Waals surface area contributed by atoms with Crippen LogP contribution in [-0.4, -0.2) is 21.1 Å². The molecule has 0 aliphatic carbocycles. The molecule has 0 fully saturated rings. The van der Waals surface area contributed by atoms with Crippen LogP contribution in [0.15, 0.2) is 34.9 Å². The molecular formula is C16H16N4O2S. The molecule has 23 heavy (non-hydrogen) atoms. The van der Waals surface area contributed by atoms with E-state index in [9.17, 15) is 4.79 Å². The summed E-state index contributed by atoms with van der Waals surface area (Å²) >= 11 is 1.50. The maximum absolute atomic E-state index is 12.2. The van der Waals surface area contributed by atoms with Gasteiger partial charge in [0.25, 0.3) is 11.8 Å². The summed E-state index contributed by atoms with van der Waals surface area (Å²) in [5.41, 5.74) is 1.10. The lowest BCUT2D eigenvalue weighted by Crippen LogP contribution is -2.13. The molecule has 0 saturated heterocycles. The van der Waals surface area contributed by atoms with Gasteiger partial charge in [0.05, 0.1) is 10.6 Å². The van der Waals surface area contributed by atoms with Crippen molar-refractivity contribution in [3.05, 3.63) is 46.9 Å². The fraction of sp³-hybridized carbons (Fsp3) is 0.250. The number of carbonyl (C=O) groups is 1. The van der Waals surface area contributed by atoms with Crippen molar-refractivity contribution in [1.82, 2.24) is 15.2 Å². The molecule has 3 aromatic rings. The van der Waals surface area contributed by atoms with Gasteiger partial charge in [-0.15, -0.1) is 21.5 Å². The number of nitrogens with one attached hydrogen (secondary N) is 1. The molecule has 118 valence electrons. The predicted octanol–water partition coefficient (Wildman–Crippen LogP) is 3.88. The number of aryl methyl sites for hydroxylation is 1. The van der Waals surface area contributed by atoms with Crippen LogP contribution in [0.5, 0.6) is 0 Å². The van der Waals surface area contributed by atoms with Gasteiger partial charge in [0.15, 0.2) is 0 Å². The molecule has 0 bridgehead atoms. The summed E-state index contributed by atoms with van der Waals surface area (Å²) in [5, 5.41) is 11.0. The fourth-order valence-corrected chi connectivity index (χ4v) is 2.86. The number of aromatic nitrogens is 3. The van der Waals surface area contributed by atoms with Crippen molar-refractivity contribution in [2.45, 2.75) is 26.7 Å². The van der Waals surface area contributed by atoms with Crippen molar-refractivity contribution in [1.29, 1.82) is 0 Å². The summed E-state index contributed by atoms with van der Waals surface area (Å²) in [4.78, 5) is 18.0. The van der Waals surface area contributed by atoms with E-state index in [0.717, 1.165) is 15.4 Å². The van der Waals surface area contributed by atoms with Crippen LogP contribution in [0.2, 0.25) is 0 Å². The van der Waals surface area contributed by atoms with Crippen molar-refractivity contribution < 1.29 is 9.21 Å². The first kappa shape index (κ1) is 15.4. The number of thiophene rings is 1. The van der Waals surface area contributed by atoms with Gasteiger partial charge in [-0.3, -0.25) is 9.78 Å². The summed E-state index contributed by atoms with van der Waals surface area (Å²) in [6.45, 7) is 5.92. The van der Waals surface area contributed by atoms with Crippen molar-refractivity contribution in [2.75, 3.05) is 5.32 Å². The first-order valence-corrected chi connectivity index (χ1v) is 8.03. The van der Waals surface area contributed by atoms with Gasteiger partial charge < -0.3 is 9.73 Å². The standard InChI is InChI=1S/C16H16N4O2S/c1-9(2)15-19-20-16(22-15)13-8-12(10(3)23-13)18-14(21)11-6-4-5-7-17-11/h4-9H,1-3H3,(H,18,21). The van der Waals surface area contributed by atoms with E-state index in [2.05, 4.69) is 20.5 Å². The van der Waals surface area contributed by atoms with Gasteiger partial charge in [0.2, 0.25) is 5.89 Å². The third-order valence-electron chi connectivity index (χ3n) is 3.21. The van der Waals surface area contributed by atoms with Crippen molar-refractivity contribution >= 4 is 22.9 Å². The molecule has 0 aromatic carbocycles. The monoisotopic (exact) mass is 328 g/mol. The summed E-state index contributed by atoms with van der Waals surface area (Å²) in [6, 6.07) is 7.07. The van der Waals surface area contributed by atoms with E-state index in [4.69, 9.17) is 4.42 Å². The number of nitrogens with zero attached hydrogens (tertiary/aromatic N) is 3. The third-order valence-corrected chi connectivity index (χ3v) is 4.25. The average molecular weight is 328 g/mol. The lowest BCUT2D eigenvalue weighted by molar-refractivity contribution is 0.102. The molecule has 6 nitrogen and oxygen atoms in total. The molecule has 1 amide bonds. The summed E-state index contributed by atoms with van der Waals surface area (Å²) in [7, 11) is 0. The van der Waals surface area contributed by atoms with Crippen LogP contribution in [0.1, 0.15) is 41.0 Å². The van der Waals surface area contributed by atoms with Crippen LogP contribution in [0.3, 0.4) is 0 Å². The van der Waals surface area contributed by atoms with Gasteiger partial charge >= 0.3 is 0 Å². The van der Waals surface area contributed by atoms with Crippen LogP contribution < -0.4 is 5.32 Å². The highest BCUT2D eigenvalue weighted by molar-refractivity contribution is 7.15. The smallest absolute Gasteiger partial charge is 0.274 e. The lowest BCUT2D eigenvalue weighted by Gasteiger charge is -2.02. The van der Waals surface area contributed by atoms with Crippen LogP contribution in [0.25, 0.3) is 10.8 Å². The number of hydrogen-bond acceptors (Lipinski definition) is 6. The second kappa shape index (κ2) is 6.29. The van der Waals surface area contributed by atoms with E-state index in [1.54, 1.807) is 24.4 Å². The van der Waals surface area contributed by atoms with Gasteiger partial charge in [-0.1, -0.05) is 19.9 Å². The maximum Gasteiger partial charge on any atom is 0.274 e. The molecule has 1 N–H and O–H groups in total. The van der Waals surface area contributed by atoms with Crippen LogP contribution in [-0.2, 0) is 0 Å². The van der Waals surface area contributed by atoms with Crippen LogP contribution >= 0.6 is 11.3 Å². The van der Waals surface area contributed by atoms with Gasteiger partial charge in [-0.05, 0) is 25.1 Å². The van der Waals surface area contributed by atoms with Crippen LogP contribution in [0, 0.1) is 6.92 Å². The van der Waals surface area contributed by atoms with Gasteiger partial charge in [-0.25, -0.2) is 0 Å². The van der Waals surface area contributed by atoms with E-state index in [1.807, 2.05) is 26.8 Å². The topological polar surface area (TPSA) is 80.9 Å². The number of carbonyl (C=O) groups excluding carboxylic acids is 1. The number of anilines is 1. The molecule has 7 heteroatoms. The molecule has 3 rings (SSSR count). The number of pyridine rings is 1. The second-order valence-corrected chi connectivity index (χ2v) is 6.61.